The molecule has 0 aliphatic rings. The van der Waals surface area contributed by atoms with Crippen LogP contribution in [-0.4, -0.2) is 8.96 Å². The molecule has 2 aromatic rings. The van der Waals surface area contributed by atoms with Crippen LogP contribution in [0.25, 0.3) is 0 Å². The van der Waals surface area contributed by atoms with Crippen LogP contribution in [0.4, 0.5) is 13.2 Å². The van der Waals surface area contributed by atoms with Crippen molar-refractivity contribution in [2.75, 3.05) is 0 Å². The average molecular weight is 369 g/mol. The Morgan fingerprint density at radius 1 is 0.960 bits per heavy atom. The van der Waals surface area contributed by atoms with Crippen molar-refractivity contribution in [2.45, 2.75) is 44.7 Å². The Kier molecular flexibility index (Phi) is 5.74. The smallest absolute Gasteiger partial charge is 0.242 e. The SMILES string of the molecule is Cc1ccccc1[C@@H](NS(=O)C(C)(C)C)c1ccc(C(F)(F)F)cc1. The molecule has 0 amide bonds. The highest BCUT2D eigenvalue weighted by Crippen LogP contribution is 2.32. The minimum Gasteiger partial charge on any atom is -0.242 e. The zero-order chi connectivity index (χ0) is 18.8. The summed E-state index contributed by atoms with van der Waals surface area (Å²) in [5.41, 5.74) is 1.81. The average Bonchev–Trinajstić information content (AvgIpc) is 2.51. The highest BCUT2D eigenvalue weighted by Gasteiger charge is 2.31. The fraction of sp³-hybridized carbons (Fsp3) is 0.368. The number of aryl methyl sites for hydroxylation is 1. The van der Waals surface area contributed by atoms with E-state index in [9.17, 15) is 17.4 Å². The molecule has 0 aromatic heterocycles. The number of rotatable bonds is 4. The third-order valence-electron chi connectivity index (χ3n) is 3.85. The van der Waals surface area contributed by atoms with E-state index in [1.54, 1.807) is 0 Å². The molecule has 0 heterocycles. The summed E-state index contributed by atoms with van der Waals surface area (Å²) in [6.45, 7) is 7.46. The molecule has 0 saturated carbocycles. The van der Waals surface area contributed by atoms with E-state index < -0.39 is 33.5 Å². The van der Waals surface area contributed by atoms with Crippen molar-refractivity contribution in [3.05, 3.63) is 70.8 Å². The van der Waals surface area contributed by atoms with Gasteiger partial charge in [-0.2, -0.15) is 13.2 Å². The Morgan fingerprint density at radius 2 is 1.52 bits per heavy atom. The maximum absolute atomic E-state index is 12.8. The number of benzene rings is 2. The van der Waals surface area contributed by atoms with Gasteiger partial charge in [0.1, 0.15) is 0 Å². The predicted molar refractivity (Wildman–Crippen MR) is 95.5 cm³/mol. The molecule has 0 aliphatic carbocycles. The Hall–Kier alpha value is -1.66. The summed E-state index contributed by atoms with van der Waals surface area (Å²) in [5.74, 6) is 0. The molecule has 0 spiro atoms. The minimum atomic E-state index is -4.38. The van der Waals surface area contributed by atoms with Gasteiger partial charge >= 0.3 is 6.18 Å². The van der Waals surface area contributed by atoms with Crippen LogP contribution in [0.3, 0.4) is 0 Å². The van der Waals surface area contributed by atoms with Gasteiger partial charge in [-0.05, 0) is 56.5 Å². The van der Waals surface area contributed by atoms with Crippen molar-refractivity contribution < 1.29 is 17.4 Å². The molecular weight excluding hydrogens is 347 g/mol. The molecule has 2 atom stereocenters. The van der Waals surface area contributed by atoms with E-state index in [0.29, 0.717) is 5.56 Å². The van der Waals surface area contributed by atoms with Gasteiger partial charge in [0.2, 0.25) is 0 Å². The molecule has 0 bridgehead atoms. The summed E-state index contributed by atoms with van der Waals surface area (Å²) in [4.78, 5) is 0. The van der Waals surface area contributed by atoms with Gasteiger partial charge in [-0.15, -0.1) is 0 Å². The number of halogens is 3. The van der Waals surface area contributed by atoms with Gasteiger partial charge in [-0.3, -0.25) is 0 Å². The van der Waals surface area contributed by atoms with Crippen LogP contribution >= 0.6 is 0 Å². The van der Waals surface area contributed by atoms with E-state index in [4.69, 9.17) is 0 Å². The van der Waals surface area contributed by atoms with Crippen molar-refractivity contribution in [2.24, 2.45) is 0 Å². The predicted octanol–water partition coefficient (Wildman–Crippen LogP) is 5.16. The summed E-state index contributed by atoms with van der Waals surface area (Å²) in [6.07, 6.45) is -4.38. The Bertz CT molecular complexity index is 748. The lowest BCUT2D eigenvalue weighted by Gasteiger charge is -2.26. The van der Waals surface area contributed by atoms with Crippen molar-refractivity contribution in [1.82, 2.24) is 4.72 Å². The maximum atomic E-state index is 12.8. The van der Waals surface area contributed by atoms with Gasteiger partial charge in [-0.25, -0.2) is 8.93 Å². The zero-order valence-electron chi connectivity index (χ0n) is 14.6. The molecule has 2 aromatic carbocycles. The number of hydrogen-bond acceptors (Lipinski definition) is 1. The van der Waals surface area contributed by atoms with Gasteiger partial charge in [-0.1, -0.05) is 36.4 Å². The molecule has 1 unspecified atom stereocenters. The molecule has 0 saturated heterocycles. The first-order valence-electron chi connectivity index (χ1n) is 7.91. The van der Waals surface area contributed by atoms with Crippen LogP contribution in [-0.2, 0) is 17.2 Å². The molecule has 0 fully saturated rings. The maximum Gasteiger partial charge on any atom is 0.416 e. The van der Waals surface area contributed by atoms with Gasteiger partial charge in [0.25, 0.3) is 0 Å². The molecule has 0 aliphatic heterocycles. The van der Waals surface area contributed by atoms with Gasteiger partial charge in [0, 0.05) is 0 Å². The second-order valence-electron chi connectivity index (χ2n) is 6.91. The second kappa shape index (κ2) is 7.30. The monoisotopic (exact) mass is 369 g/mol. The van der Waals surface area contributed by atoms with Gasteiger partial charge in [0.05, 0.1) is 27.3 Å². The van der Waals surface area contributed by atoms with E-state index in [2.05, 4.69) is 4.72 Å². The third-order valence-corrected chi connectivity index (χ3v) is 5.41. The summed E-state index contributed by atoms with van der Waals surface area (Å²) in [5, 5.41) is 0. The lowest BCUT2D eigenvalue weighted by atomic mass is 9.95. The number of alkyl halides is 3. The Labute approximate surface area is 149 Å². The van der Waals surface area contributed by atoms with Crippen molar-refractivity contribution >= 4 is 11.0 Å². The number of hydrogen-bond donors (Lipinski definition) is 1. The molecule has 6 heteroatoms. The van der Waals surface area contributed by atoms with Crippen LogP contribution in [0.1, 0.15) is 49.1 Å². The van der Waals surface area contributed by atoms with Gasteiger partial charge in [0.15, 0.2) is 0 Å². The van der Waals surface area contributed by atoms with Crippen LogP contribution in [0.2, 0.25) is 0 Å². The first-order chi connectivity index (χ1) is 11.5. The van der Waals surface area contributed by atoms with Crippen LogP contribution in [0, 0.1) is 6.92 Å². The zero-order valence-corrected chi connectivity index (χ0v) is 15.5. The lowest BCUT2D eigenvalue weighted by Crippen LogP contribution is -2.36. The minimum absolute atomic E-state index is 0.455. The summed E-state index contributed by atoms with van der Waals surface area (Å²) in [6, 6.07) is 12.1. The first kappa shape index (κ1) is 19.7. The van der Waals surface area contributed by atoms with E-state index in [1.807, 2.05) is 52.0 Å². The molecule has 2 rings (SSSR count). The van der Waals surface area contributed by atoms with E-state index in [1.165, 1.54) is 12.1 Å². The van der Waals surface area contributed by atoms with Crippen LogP contribution in [0.5, 0.6) is 0 Å². The fourth-order valence-electron chi connectivity index (χ4n) is 2.37. The third kappa shape index (κ3) is 4.92. The first-order valence-corrected chi connectivity index (χ1v) is 9.06. The Balaban J connectivity index is 2.45. The highest BCUT2D eigenvalue weighted by molar-refractivity contribution is 7.84. The van der Waals surface area contributed by atoms with E-state index >= 15 is 0 Å². The summed E-state index contributed by atoms with van der Waals surface area (Å²) < 4.78 is 53.6. The molecule has 25 heavy (non-hydrogen) atoms. The molecule has 1 N–H and O–H groups in total. The summed E-state index contributed by atoms with van der Waals surface area (Å²) in [7, 11) is -1.37. The molecular formula is C19H22F3NOS. The number of nitrogens with one attached hydrogen (secondary N) is 1. The quantitative estimate of drug-likeness (QED) is 0.793. The van der Waals surface area contributed by atoms with E-state index in [-0.39, 0.29) is 0 Å². The normalized spacial score (nSPS) is 15.0. The highest BCUT2D eigenvalue weighted by atomic mass is 32.2. The lowest BCUT2D eigenvalue weighted by molar-refractivity contribution is -0.137. The fourth-order valence-corrected chi connectivity index (χ4v) is 3.20. The standard InChI is InChI=1S/C19H22F3NOS/c1-13-7-5-6-8-16(13)17(23-25(24)18(2,3)4)14-9-11-15(12-10-14)19(20,21)22/h5-12,17,23H,1-4H3/t17-,25?/m0/s1. The van der Waals surface area contributed by atoms with Crippen molar-refractivity contribution in [3.8, 4) is 0 Å². The van der Waals surface area contributed by atoms with Crippen LogP contribution in [0.15, 0.2) is 48.5 Å². The second-order valence-corrected chi connectivity index (χ2v) is 8.91. The Morgan fingerprint density at radius 3 is 2.00 bits per heavy atom. The van der Waals surface area contributed by atoms with Crippen molar-refractivity contribution in [3.63, 3.8) is 0 Å². The van der Waals surface area contributed by atoms with Gasteiger partial charge < -0.3 is 0 Å². The topological polar surface area (TPSA) is 29.1 Å². The molecule has 2 nitrogen and oxygen atoms in total. The van der Waals surface area contributed by atoms with Crippen LogP contribution < -0.4 is 4.72 Å². The molecule has 0 radical (unpaired) electrons. The summed E-state index contributed by atoms with van der Waals surface area (Å²) >= 11 is 0. The largest absolute Gasteiger partial charge is 0.416 e. The molecule has 136 valence electrons. The van der Waals surface area contributed by atoms with Crippen molar-refractivity contribution in [1.29, 1.82) is 0 Å². The van der Waals surface area contributed by atoms with E-state index in [0.717, 1.165) is 23.3 Å².